The van der Waals surface area contributed by atoms with Crippen LogP contribution in [0.15, 0.2) is 0 Å². The Morgan fingerprint density at radius 2 is 1.64 bits per heavy atom. The average molecular weight is 156 g/mol. The van der Waals surface area contributed by atoms with Gasteiger partial charge in [-0.2, -0.15) is 0 Å². The van der Waals surface area contributed by atoms with Gasteiger partial charge in [-0.15, -0.1) is 0 Å². The minimum atomic E-state index is 0.431. The molecule has 0 saturated carbocycles. The standard InChI is InChI=1S/C9H16O2/c1-2-4-9(7-11-8-9)6-10-5-3-1/h1-8H2. The van der Waals surface area contributed by atoms with Crippen LogP contribution in [0.2, 0.25) is 0 Å². The van der Waals surface area contributed by atoms with Gasteiger partial charge in [0.2, 0.25) is 0 Å². The van der Waals surface area contributed by atoms with E-state index in [4.69, 9.17) is 9.47 Å². The molecule has 0 aromatic carbocycles. The Balaban J connectivity index is 1.86. The van der Waals surface area contributed by atoms with Crippen LogP contribution in [-0.2, 0) is 9.47 Å². The summed E-state index contributed by atoms with van der Waals surface area (Å²) >= 11 is 0. The van der Waals surface area contributed by atoms with Crippen molar-refractivity contribution in [1.82, 2.24) is 0 Å². The third kappa shape index (κ3) is 1.57. The number of hydrogen-bond donors (Lipinski definition) is 0. The van der Waals surface area contributed by atoms with Crippen LogP contribution in [0.4, 0.5) is 0 Å². The second kappa shape index (κ2) is 3.11. The summed E-state index contributed by atoms with van der Waals surface area (Å²) in [5.41, 5.74) is 0.431. The van der Waals surface area contributed by atoms with Gasteiger partial charge in [0.1, 0.15) is 0 Å². The van der Waals surface area contributed by atoms with Gasteiger partial charge in [0, 0.05) is 12.0 Å². The average Bonchev–Trinajstić information content (AvgIpc) is 1.82. The number of rotatable bonds is 0. The van der Waals surface area contributed by atoms with Crippen molar-refractivity contribution in [3.05, 3.63) is 0 Å². The summed E-state index contributed by atoms with van der Waals surface area (Å²) < 4.78 is 10.8. The normalized spacial score (nSPS) is 30.5. The van der Waals surface area contributed by atoms with Gasteiger partial charge in [0.15, 0.2) is 0 Å². The van der Waals surface area contributed by atoms with E-state index in [9.17, 15) is 0 Å². The highest BCUT2D eigenvalue weighted by Crippen LogP contribution is 2.34. The maximum atomic E-state index is 5.55. The molecule has 2 aliphatic rings. The molecule has 2 fully saturated rings. The summed E-state index contributed by atoms with van der Waals surface area (Å²) in [6.45, 7) is 3.77. The lowest BCUT2D eigenvalue weighted by molar-refractivity contribution is -0.157. The van der Waals surface area contributed by atoms with E-state index in [0.717, 1.165) is 26.4 Å². The molecule has 1 spiro atoms. The highest BCUT2D eigenvalue weighted by molar-refractivity contribution is 4.85. The Labute approximate surface area is 67.9 Å². The first kappa shape index (κ1) is 7.56. The minimum absolute atomic E-state index is 0.431. The van der Waals surface area contributed by atoms with Gasteiger partial charge in [0.25, 0.3) is 0 Å². The first-order valence-corrected chi connectivity index (χ1v) is 4.57. The van der Waals surface area contributed by atoms with Crippen molar-refractivity contribution < 1.29 is 9.47 Å². The molecule has 2 heteroatoms. The molecule has 0 radical (unpaired) electrons. The number of hydrogen-bond acceptors (Lipinski definition) is 2. The zero-order valence-electron chi connectivity index (χ0n) is 6.97. The monoisotopic (exact) mass is 156 g/mol. The van der Waals surface area contributed by atoms with Crippen molar-refractivity contribution in [2.45, 2.75) is 25.7 Å². The zero-order chi connectivity index (χ0) is 7.57. The molecule has 2 nitrogen and oxygen atoms in total. The molecule has 0 aromatic rings. The van der Waals surface area contributed by atoms with E-state index in [1.54, 1.807) is 0 Å². The summed E-state index contributed by atoms with van der Waals surface area (Å²) in [6, 6.07) is 0. The quantitative estimate of drug-likeness (QED) is 0.530. The molecule has 0 N–H and O–H groups in total. The largest absolute Gasteiger partial charge is 0.381 e. The van der Waals surface area contributed by atoms with Crippen LogP contribution < -0.4 is 0 Å². The van der Waals surface area contributed by atoms with E-state index in [1.807, 2.05) is 0 Å². The van der Waals surface area contributed by atoms with Crippen LogP contribution in [0, 0.1) is 5.41 Å². The summed E-state index contributed by atoms with van der Waals surface area (Å²) in [6.07, 6.45) is 5.26. The van der Waals surface area contributed by atoms with Gasteiger partial charge in [-0.05, 0) is 12.8 Å². The van der Waals surface area contributed by atoms with Gasteiger partial charge < -0.3 is 9.47 Å². The minimum Gasteiger partial charge on any atom is -0.381 e. The lowest BCUT2D eigenvalue weighted by Crippen LogP contribution is -2.46. The van der Waals surface area contributed by atoms with E-state index < -0.39 is 0 Å². The Bertz CT molecular complexity index is 120. The molecule has 0 amide bonds. The molecular formula is C9H16O2. The molecule has 0 atom stereocenters. The molecule has 11 heavy (non-hydrogen) atoms. The van der Waals surface area contributed by atoms with Crippen molar-refractivity contribution in [1.29, 1.82) is 0 Å². The molecular weight excluding hydrogens is 140 g/mol. The summed E-state index contributed by atoms with van der Waals surface area (Å²) in [5, 5.41) is 0. The van der Waals surface area contributed by atoms with E-state index >= 15 is 0 Å². The molecule has 64 valence electrons. The maximum Gasteiger partial charge on any atom is 0.0567 e. The smallest absolute Gasteiger partial charge is 0.0567 e. The van der Waals surface area contributed by atoms with Crippen molar-refractivity contribution in [3.63, 3.8) is 0 Å². The third-order valence-electron chi connectivity index (χ3n) is 2.72. The molecule has 0 aliphatic carbocycles. The van der Waals surface area contributed by atoms with E-state index in [-0.39, 0.29) is 0 Å². The van der Waals surface area contributed by atoms with Crippen molar-refractivity contribution in [2.75, 3.05) is 26.4 Å². The van der Waals surface area contributed by atoms with Crippen LogP contribution in [0.3, 0.4) is 0 Å². The molecule has 2 rings (SSSR count). The van der Waals surface area contributed by atoms with Crippen molar-refractivity contribution >= 4 is 0 Å². The predicted octanol–water partition coefficient (Wildman–Crippen LogP) is 1.59. The zero-order valence-corrected chi connectivity index (χ0v) is 6.97. The second-order valence-electron chi connectivity index (χ2n) is 3.86. The van der Waals surface area contributed by atoms with Gasteiger partial charge in [0.05, 0.1) is 19.8 Å². The third-order valence-corrected chi connectivity index (χ3v) is 2.72. The lowest BCUT2D eigenvalue weighted by Gasteiger charge is -2.42. The molecule has 0 unspecified atom stereocenters. The SMILES string of the molecule is C1CCOCC2(CC1)COC2. The van der Waals surface area contributed by atoms with Gasteiger partial charge >= 0.3 is 0 Å². The maximum absolute atomic E-state index is 5.55. The summed E-state index contributed by atoms with van der Waals surface area (Å²) in [7, 11) is 0. The van der Waals surface area contributed by atoms with E-state index in [0.29, 0.717) is 5.41 Å². The van der Waals surface area contributed by atoms with Crippen LogP contribution in [0.5, 0.6) is 0 Å². The first-order chi connectivity index (χ1) is 5.41. The molecule has 0 aromatic heterocycles. The number of ether oxygens (including phenoxy) is 2. The highest BCUT2D eigenvalue weighted by atomic mass is 16.5. The molecule has 0 bridgehead atoms. The second-order valence-corrected chi connectivity index (χ2v) is 3.86. The van der Waals surface area contributed by atoms with Crippen LogP contribution in [-0.4, -0.2) is 26.4 Å². The lowest BCUT2D eigenvalue weighted by atomic mass is 9.81. The summed E-state index contributed by atoms with van der Waals surface area (Å²) in [5.74, 6) is 0. The van der Waals surface area contributed by atoms with Crippen LogP contribution in [0.1, 0.15) is 25.7 Å². The van der Waals surface area contributed by atoms with Gasteiger partial charge in [-0.3, -0.25) is 0 Å². The van der Waals surface area contributed by atoms with E-state index in [1.165, 1.54) is 25.7 Å². The summed E-state index contributed by atoms with van der Waals surface area (Å²) in [4.78, 5) is 0. The van der Waals surface area contributed by atoms with Gasteiger partial charge in [-0.1, -0.05) is 12.8 Å². The van der Waals surface area contributed by atoms with Crippen molar-refractivity contribution in [2.24, 2.45) is 5.41 Å². The topological polar surface area (TPSA) is 18.5 Å². The fraction of sp³-hybridized carbons (Fsp3) is 1.00. The molecule has 2 aliphatic heterocycles. The fourth-order valence-corrected chi connectivity index (χ4v) is 1.86. The highest BCUT2D eigenvalue weighted by Gasteiger charge is 2.38. The van der Waals surface area contributed by atoms with Crippen molar-refractivity contribution in [3.8, 4) is 0 Å². The Morgan fingerprint density at radius 1 is 0.818 bits per heavy atom. The van der Waals surface area contributed by atoms with Crippen LogP contribution >= 0.6 is 0 Å². The van der Waals surface area contributed by atoms with E-state index in [2.05, 4.69) is 0 Å². The fourth-order valence-electron chi connectivity index (χ4n) is 1.86. The Kier molecular flexibility index (Phi) is 2.14. The first-order valence-electron chi connectivity index (χ1n) is 4.57. The Hall–Kier alpha value is -0.0800. The predicted molar refractivity (Wildman–Crippen MR) is 42.5 cm³/mol. The molecule has 2 heterocycles. The molecule has 2 saturated heterocycles. The van der Waals surface area contributed by atoms with Crippen LogP contribution in [0.25, 0.3) is 0 Å². The Morgan fingerprint density at radius 3 is 2.36 bits per heavy atom. The van der Waals surface area contributed by atoms with Gasteiger partial charge in [-0.25, -0.2) is 0 Å².